The zero-order valence-electron chi connectivity index (χ0n) is 13.2. The van der Waals surface area contributed by atoms with E-state index in [2.05, 4.69) is 0 Å². The molecule has 1 atom stereocenters. The van der Waals surface area contributed by atoms with Crippen molar-refractivity contribution in [3.8, 4) is 0 Å². The summed E-state index contributed by atoms with van der Waals surface area (Å²) >= 11 is 0. The van der Waals surface area contributed by atoms with Crippen LogP contribution >= 0.6 is 0 Å². The average Bonchev–Trinajstić information content (AvgIpc) is 2.58. The van der Waals surface area contributed by atoms with Gasteiger partial charge in [-0.3, -0.25) is 0 Å². The fourth-order valence-electron chi connectivity index (χ4n) is 2.20. The molecule has 1 aromatic carbocycles. The van der Waals surface area contributed by atoms with Crippen molar-refractivity contribution >= 4 is 18.3 Å². The van der Waals surface area contributed by atoms with E-state index in [0.717, 1.165) is 16.7 Å². The van der Waals surface area contributed by atoms with Gasteiger partial charge in [-0.1, -0.05) is 12.1 Å². The number of anilines is 1. The van der Waals surface area contributed by atoms with Crippen LogP contribution < -0.4 is 11.2 Å². The molecule has 5 heteroatoms. The molecule has 0 radical (unpaired) electrons. The average molecular weight is 277 g/mol. The van der Waals surface area contributed by atoms with E-state index in [0.29, 0.717) is 0 Å². The highest BCUT2D eigenvalue weighted by molar-refractivity contribution is 6.62. The Morgan fingerprint density at radius 2 is 1.70 bits per heavy atom. The molecule has 1 fully saturated rings. The number of methoxy groups -OCH3 is 1. The van der Waals surface area contributed by atoms with E-state index in [9.17, 15) is 0 Å². The van der Waals surface area contributed by atoms with Gasteiger partial charge >= 0.3 is 7.12 Å². The smallest absolute Gasteiger partial charge is 0.399 e. The molecule has 0 aromatic heterocycles. The molecule has 1 aromatic rings. The van der Waals surface area contributed by atoms with Crippen molar-refractivity contribution in [2.24, 2.45) is 0 Å². The largest absolute Gasteiger partial charge is 0.494 e. The van der Waals surface area contributed by atoms with Gasteiger partial charge in [-0.05, 0) is 46.1 Å². The highest BCUT2D eigenvalue weighted by atomic mass is 16.7. The molecule has 1 aliphatic rings. The Balaban J connectivity index is 2.32. The molecular weight excluding hydrogens is 253 g/mol. The maximum Gasteiger partial charge on any atom is 0.494 e. The molecule has 2 rings (SSSR count). The Bertz CT molecular complexity index is 486. The second-order valence-electron chi connectivity index (χ2n) is 6.35. The summed E-state index contributed by atoms with van der Waals surface area (Å²) in [6.45, 7) is 10.2. The van der Waals surface area contributed by atoms with Crippen LogP contribution in [0.2, 0.25) is 0 Å². The lowest BCUT2D eigenvalue weighted by Crippen LogP contribution is -2.41. The van der Waals surface area contributed by atoms with Crippen LogP contribution in [0.15, 0.2) is 18.2 Å². The van der Waals surface area contributed by atoms with Crippen LogP contribution in [0, 0.1) is 0 Å². The van der Waals surface area contributed by atoms with Crippen molar-refractivity contribution in [2.75, 3.05) is 12.8 Å². The van der Waals surface area contributed by atoms with Gasteiger partial charge in [0.2, 0.25) is 0 Å². The number of rotatable bonds is 3. The van der Waals surface area contributed by atoms with Gasteiger partial charge in [0, 0.05) is 18.4 Å². The number of benzene rings is 1. The summed E-state index contributed by atoms with van der Waals surface area (Å²) in [5.41, 5.74) is 7.98. The number of hydrogen-bond acceptors (Lipinski definition) is 4. The van der Waals surface area contributed by atoms with Gasteiger partial charge < -0.3 is 19.8 Å². The number of ether oxygens (including phenoxy) is 1. The maximum absolute atomic E-state index is 6.05. The Hall–Kier alpha value is -1.04. The Kier molecular flexibility index (Phi) is 3.89. The van der Waals surface area contributed by atoms with E-state index in [1.165, 1.54) is 0 Å². The van der Waals surface area contributed by atoms with Gasteiger partial charge in [-0.2, -0.15) is 0 Å². The van der Waals surface area contributed by atoms with Crippen molar-refractivity contribution in [1.29, 1.82) is 0 Å². The third-order valence-electron chi connectivity index (χ3n) is 4.43. The second kappa shape index (κ2) is 5.06. The van der Waals surface area contributed by atoms with Crippen molar-refractivity contribution in [1.82, 2.24) is 0 Å². The molecule has 1 unspecified atom stereocenters. The third kappa shape index (κ3) is 2.58. The quantitative estimate of drug-likeness (QED) is 0.680. The first-order valence-electron chi connectivity index (χ1n) is 6.96. The van der Waals surface area contributed by atoms with Crippen LogP contribution in [-0.2, 0) is 14.0 Å². The third-order valence-corrected chi connectivity index (χ3v) is 4.43. The molecule has 0 bridgehead atoms. The standard InChI is InChI=1S/C15H24BNO3/c1-10(18-6)12-9-11(7-8-13(12)17)16-19-14(2,3)15(4,5)20-16/h7-10H,17H2,1-6H3. The van der Waals surface area contributed by atoms with Crippen molar-refractivity contribution in [3.05, 3.63) is 23.8 Å². The van der Waals surface area contributed by atoms with E-state index in [1.807, 2.05) is 52.8 Å². The minimum Gasteiger partial charge on any atom is -0.399 e. The second-order valence-corrected chi connectivity index (χ2v) is 6.35. The topological polar surface area (TPSA) is 53.7 Å². The van der Waals surface area contributed by atoms with E-state index >= 15 is 0 Å². The predicted molar refractivity (Wildman–Crippen MR) is 82.0 cm³/mol. The van der Waals surface area contributed by atoms with Crippen molar-refractivity contribution < 1.29 is 14.0 Å². The van der Waals surface area contributed by atoms with E-state index in [-0.39, 0.29) is 24.4 Å². The lowest BCUT2D eigenvalue weighted by atomic mass is 9.78. The van der Waals surface area contributed by atoms with Crippen LogP contribution in [0.4, 0.5) is 5.69 Å². The zero-order chi connectivity index (χ0) is 15.1. The summed E-state index contributed by atoms with van der Waals surface area (Å²) in [6, 6.07) is 5.83. The number of hydrogen-bond donors (Lipinski definition) is 1. The summed E-state index contributed by atoms with van der Waals surface area (Å²) in [5.74, 6) is 0. The first-order valence-corrected chi connectivity index (χ1v) is 6.96. The van der Waals surface area contributed by atoms with Crippen LogP contribution in [0.5, 0.6) is 0 Å². The van der Waals surface area contributed by atoms with Gasteiger partial charge in [-0.15, -0.1) is 0 Å². The Morgan fingerprint density at radius 3 is 2.20 bits per heavy atom. The lowest BCUT2D eigenvalue weighted by molar-refractivity contribution is 0.00578. The van der Waals surface area contributed by atoms with Gasteiger partial charge in [0.25, 0.3) is 0 Å². The van der Waals surface area contributed by atoms with Gasteiger partial charge in [0.1, 0.15) is 0 Å². The molecule has 0 spiro atoms. The molecule has 4 nitrogen and oxygen atoms in total. The highest BCUT2D eigenvalue weighted by Gasteiger charge is 2.51. The van der Waals surface area contributed by atoms with Crippen LogP contribution in [-0.4, -0.2) is 25.4 Å². The van der Waals surface area contributed by atoms with Gasteiger partial charge in [0.05, 0.1) is 17.3 Å². The van der Waals surface area contributed by atoms with Crippen molar-refractivity contribution in [2.45, 2.75) is 51.9 Å². The van der Waals surface area contributed by atoms with Crippen LogP contribution in [0.25, 0.3) is 0 Å². The SMILES string of the molecule is COC(C)c1cc(B2OC(C)(C)C(C)(C)O2)ccc1N. The molecular formula is C15H24BNO3. The van der Waals surface area contributed by atoms with Crippen molar-refractivity contribution in [3.63, 3.8) is 0 Å². The van der Waals surface area contributed by atoms with E-state index in [1.54, 1.807) is 7.11 Å². The number of nitrogen functional groups attached to an aromatic ring is 1. The van der Waals surface area contributed by atoms with E-state index in [4.69, 9.17) is 19.8 Å². The summed E-state index contributed by atoms with van der Waals surface area (Å²) in [6.07, 6.45) is -0.0580. The van der Waals surface area contributed by atoms with Gasteiger partial charge in [-0.25, -0.2) is 0 Å². The van der Waals surface area contributed by atoms with Gasteiger partial charge in [0.15, 0.2) is 0 Å². The minimum absolute atomic E-state index is 0.0580. The van der Waals surface area contributed by atoms with E-state index < -0.39 is 0 Å². The molecule has 0 saturated carbocycles. The fraction of sp³-hybridized carbons (Fsp3) is 0.600. The lowest BCUT2D eigenvalue weighted by Gasteiger charge is -2.32. The normalized spacial score (nSPS) is 22.0. The fourth-order valence-corrected chi connectivity index (χ4v) is 2.20. The first-order chi connectivity index (χ1) is 9.18. The summed E-state index contributed by atoms with van der Waals surface area (Å²) in [4.78, 5) is 0. The van der Waals surface area contributed by atoms with Crippen LogP contribution in [0.1, 0.15) is 46.3 Å². The molecule has 0 aliphatic carbocycles. The molecule has 1 aliphatic heterocycles. The zero-order valence-corrected chi connectivity index (χ0v) is 13.2. The summed E-state index contributed by atoms with van der Waals surface area (Å²) < 4.78 is 17.5. The molecule has 1 saturated heterocycles. The molecule has 0 amide bonds. The maximum atomic E-state index is 6.05. The first kappa shape index (κ1) is 15.4. The van der Waals surface area contributed by atoms with Crippen LogP contribution in [0.3, 0.4) is 0 Å². The minimum atomic E-state index is -0.372. The Labute approximate surface area is 121 Å². The Morgan fingerprint density at radius 1 is 1.15 bits per heavy atom. The highest BCUT2D eigenvalue weighted by Crippen LogP contribution is 2.36. The number of nitrogens with two attached hydrogens (primary N) is 1. The molecule has 110 valence electrons. The molecule has 20 heavy (non-hydrogen) atoms. The molecule has 2 N–H and O–H groups in total. The molecule has 1 heterocycles. The summed E-state index contributed by atoms with van der Waals surface area (Å²) in [7, 11) is 1.30. The summed E-state index contributed by atoms with van der Waals surface area (Å²) in [5, 5.41) is 0. The predicted octanol–water partition coefficient (Wildman–Crippen LogP) is 2.28. The monoisotopic (exact) mass is 277 g/mol.